The average molecular weight is 363 g/mol. The Bertz CT molecular complexity index is 734. The third-order valence-corrected chi connectivity index (χ3v) is 4.35. The fraction of sp³-hybridized carbons (Fsp3) is 0.312. The van der Waals surface area contributed by atoms with Gasteiger partial charge in [-0.05, 0) is 23.8 Å². The van der Waals surface area contributed by atoms with E-state index < -0.39 is 24.5 Å². The second kappa shape index (κ2) is 8.04. The van der Waals surface area contributed by atoms with Gasteiger partial charge in [-0.2, -0.15) is 0 Å². The van der Waals surface area contributed by atoms with Crippen molar-refractivity contribution in [3.8, 4) is 11.5 Å². The average Bonchev–Trinajstić information content (AvgIpc) is 3.28. The minimum Gasteiger partial charge on any atom is -0.454 e. The van der Waals surface area contributed by atoms with Crippen molar-refractivity contribution in [2.45, 2.75) is 6.04 Å². The number of aliphatic imine (C=N–C) groups is 1. The number of nitrogens with zero attached hydrogens (tertiary/aromatic N) is 1. The summed E-state index contributed by atoms with van der Waals surface area (Å²) >= 11 is 1.42. The smallest absolute Gasteiger partial charge is 0.250 e. The first-order chi connectivity index (χ1) is 12.2. The van der Waals surface area contributed by atoms with E-state index in [0.717, 1.165) is 11.3 Å². The van der Waals surface area contributed by atoms with Crippen molar-refractivity contribution >= 4 is 34.8 Å². The highest BCUT2D eigenvalue weighted by Crippen LogP contribution is 2.32. The Morgan fingerprint density at radius 2 is 2.20 bits per heavy atom. The lowest BCUT2D eigenvalue weighted by molar-refractivity contribution is -0.127. The number of hydrogen-bond acceptors (Lipinski definition) is 7. The van der Waals surface area contributed by atoms with E-state index in [9.17, 15) is 14.7 Å². The zero-order valence-electron chi connectivity index (χ0n) is 13.2. The molecule has 2 heterocycles. The Labute approximate surface area is 148 Å². The number of carbonyl (C=O) groups excluding carboxylic acids is 2. The number of thioether (sulfide) groups is 1. The Balaban J connectivity index is 1.55. The summed E-state index contributed by atoms with van der Waals surface area (Å²) in [4.78, 5) is 28.1. The van der Waals surface area contributed by atoms with Crippen molar-refractivity contribution in [3.63, 3.8) is 0 Å². The molecule has 1 aromatic rings. The van der Waals surface area contributed by atoms with E-state index in [1.165, 1.54) is 17.8 Å². The van der Waals surface area contributed by atoms with E-state index in [4.69, 9.17) is 9.47 Å². The van der Waals surface area contributed by atoms with Crippen LogP contribution in [0.2, 0.25) is 0 Å². The van der Waals surface area contributed by atoms with Crippen LogP contribution in [0.15, 0.2) is 29.3 Å². The molecule has 2 aliphatic rings. The highest BCUT2D eigenvalue weighted by atomic mass is 32.2. The van der Waals surface area contributed by atoms with E-state index in [1.54, 1.807) is 24.3 Å². The van der Waals surface area contributed by atoms with Gasteiger partial charge in [0, 0.05) is 11.8 Å². The minimum absolute atomic E-state index is 0.180. The molecule has 25 heavy (non-hydrogen) atoms. The summed E-state index contributed by atoms with van der Waals surface area (Å²) in [6, 6.07) is 4.24. The molecule has 1 unspecified atom stereocenters. The van der Waals surface area contributed by atoms with E-state index >= 15 is 0 Å². The van der Waals surface area contributed by atoms with Crippen molar-refractivity contribution in [1.82, 2.24) is 10.6 Å². The number of fused-ring (bicyclic) bond motifs is 1. The highest BCUT2D eigenvalue weighted by Gasteiger charge is 2.21. The lowest BCUT2D eigenvalue weighted by Crippen LogP contribution is -2.49. The van der Waals surface area contributed by atoms with Crippen molar-refractivity contribution in [1.29, 1.82) is 0 Å². The van der Waals surface area contributed by atoms with Gasteiger partial charge in [-0.25, -0.2) is 0 Å². The molecule has 0 aromatic heterocycles. The predicted molar refractivity (Wildman–Crippen MR) is 93.5 cm³/mol. The van der Waals surface area contributed by atoms with E-state index in [-0.39, 0.29) is 6.79 Å². The molecule has 0 spiro atoms. The van der Waals surface area contributed by atoms with Gasteiger partial charge in [-0.3, -0.25) is 14.6 Å². The number of amides is 2. The molecule has 0 saturated heterocycles. The number of aliphatic hydroxyl groups excluding tert-OH is 1. The van der Waals surface area contributed by atoms with Crippen LogP contribution in [-0.4, -0.2) is 53.8 Å². The number of amidine groups is 1. The van der Waals surface area contributed by atoms with Gasteiger partial charge in [-0.15, -0.1) is 0 Å². The zero-order valence-corrected chi connectivity index (χ0v) is 14.0. The molecule has 0 radical (unpaired) electrons. The molecular weight excluding hydrogens is 346 g/mol. The van der Waals surface area contributed by atoms with Crippen LogP contribution in [0.3, 0.4) is 0 Å². The normalized spacial score (nSPS) is 16.6. The van der Waals surface area contributed by atoms with Crippen LogP contribution in [-0.2, 0) is 9.59 Å². The standard InChI is InChI=1S/C16H17N3O5S/c20-8-11(15(22)19-16-17-5-6-25-16)18-14(21)4-2-10-1-3-12-13(7-10)24-9-23-12/h1-4,7,11,20H,5-6,8-9H2,(H,18,21)(H,17,19,22). The van der Waals surface area contributed by atoms with Crippen LogP contribution < -0.4 is 20.1 Å². The third-order valence-electron chi connectivity index (χ3n) is 3.45. The van der Waals surface area contributed by atoms with Crippen molar-refractivity contribution in [2.24, 2.45) is 4.99 Å². The van der Waals surface area contributed by atoms with Gasteiger partial charge in [0.2, 0.25) is 12.7 Å². The number of carbonyl (C=O) groups is 2. The van der Waals surface area contributed by atoms with Gasteiger partial charge < -0.3 is 25.2 Å². The third kappa shape index (κ3) is 4.52. The monoisotopic (exact) mass is 363 g/mol. The van der Waals surface area contributed by atoms with Crippen LogP contribution in [0.5, 0.6) is 11.5 Å². The largest absolute Gasteiger partial charge is 0.454 e. The van der Waals surface area contributed by atoms with Crippen LogP contribution in [0, 0.1) is 0 Å². The number of rotatable bonds is 5. The summed E-state index contributed by atoms with van der Waals surface area (Å²) in [6.07, 6.45) is 2.87. The fourth-order valence-corrected chi connectivity index (χ4v) is 2.94. The molecule has 132 valence electrons. The van der Waals surface area contributed by atoms with Gasteiger partial charge in [0.1, 0.15) is 6.04 Å². The molecule has 3 rings (SSSR count). The predicted octanol–water partition coefficient (Wildman–Crippen LogP) is 0.125. The summed E-state index contributed by atoms with van der Waals surface area (Å²) in [5.74, 6) is 1.09. The molecule has 0 saturated carbocycles. The molecule has 2 amide bonds. The van der Waals surface area contributed by atoms with Crippen LogP contribution in [0.25, 0.3) is 6.08 Å². The lowest BCUT2D eigenvalue weighted by Gasteiger charge is -2.14. The van der Waals surface area contributed by atoms with E-state index in [1.807, 2.05) is 0 Å². The fourth-order valence-electron chi connectivity index (χ4n) is 2.21. The Kier molecular flexibility index (Phi) is 5.56. The maximum Gasteiger partial charge on any atom is 0.250 e. The van der Waals surface area contributed by atoms with Gasteiger partial charge in [0.25, 0.3) is 5.91 Å². The molecule has 0 aliphatic carbocycles. The van der Waals surface area contributed by atoms with Gasteiger partial charge in [0.05, 0.1) is 13.2 Å². The maximum atomic E-state index is 12.0. The number of aliphatic hydroxyl groups is 1. The molecule has 8 nitrogen and oxygen atoms in total. The van der Waals surface area contributed by atoms with Crippen LogP contribution >= 0.6 is 11.8 Å². The number of benzene rings is 1. The topological polar surface area (TPSA) is 109 Å². The van der Waals surface area contributed by atoms with Crippen LogP contribution in [0.1, 0.15) is 5.56 Å². The van der Waals surface area contributed by atoms with E-state index in [2.05, 4.69) is 15.6 Å². The molecule has 3 N–H and O–H groups in total. The summed E-state index contributed by atoms with van der Waals surface area (Å²) in [7, 11) is 0. The second-order valence-electron chi connectivity index (χ2n) is 5.21. The molecule has 1 aromatic carbocycles. The zero-order chi connectivity index (χ0) is 17.6. The highest BCUT2D eigenvalue weighted by molar-refractivity contribution is 8.14. The molecule has 0 fully saturated rings. The molecule has 9 heteroatoms. The molecule has 2 aliphatic heterocycles. The van der Waals surface area contributed by atoms with Crippen molar-refractivity contribution in [2.75, 3.05) is 25.7 Å². The van der Waals surface area contributed by atoms with Gasteiger partial charge in [-0.1, -0.05) is 17.8 Å². The molecule has 0 bridgehead atoms. The summed E-state index contributed by atoms with van der Waals surface area (Å²) in [5, 5.41) is 14.9. The quantitative estimate of drug-likeness (QED) is 0.642. The first-order valence-corrected chi connectivity index (χ1v) is 8.61. The minimum atomic E-state index is -1.04. The summed E-state index contributed by atoms with van der Waals surface area (Å²) in [6.45, 7) is 0.321. The second-order valence-corrected chi connectivity index (χ2v) is 6.30. The first kappa shape index (κ1) is 17.3. The van der Waals surface area contributed by atoms with E-state index in [0.29, 0.717) is 23.2 Å². The maximum absolute atomic E-state index is 12.0. The Hall–Kier alpha value is -2.52. The molecular formula is C16H17N3O5S. The Morgan fingerprint density at radius 3 is 2.96 bits per heavy atom. The number of ether oxygens (including phenoxy) is 2. The number of nitrogens with one attached hydrogen (secondary N) is 2. The summed E-state index contributed by atoms with van der Waals surface area (Å²) in [5.41, 5.74) is 0.751. The SMILES string of the molecule is O=C(C=Cc1ccc2c(c1)OCO2)NC(CO)C(=O)NC1=NCCS1. The Morgan fingerprint density at radius 1 is 1.36 bits per heavy atom. The van der Waals surface area contributed by atoms with Gasteiger partial charge in [0.15, 0.2) is 16.7 Å². The van der Waals surface area contributed by atoms with Crippen LogP contribution in [0.4, 0.5) is 0 Å². The lowest BCUT2D eigenvalue weighted by atomic mass is 10.2. The van der Waals surface area contributed by atoms with Crippen molar-refractivity contribution in [3.05, 3.63) is 29.8 Å². The van der Waals surface area contributed by atoms with Crippen molar-refractivity contribution < 1.29 is 24.2 Å². The summed E-state index contributed by atoms with van der Waals surface area (Å²) < 4.78 is 10.5. The van der Waals surface area contributed by atoms with Gasteiger partial charge >= 0.3 is 0 Å². The molecule has 1 atom stereocenters. The number of hydrogen-bond donors (Lipinski definition) is 3. The first-order valence-electron chi connectivity index (χ1n) is 7.63.